The Labute approximate surface area is 171 Å². The summed E-state index contributed by atoms with van der Waals surface area (Å²) in [6, 6.07) is 13.8. The van der Waals surface area contributed by atoms with Gasteiger partial charge in [0.05, 0.1) is 11.5 Å². The molecule has 0 aromatic heterocycles. The van der Waals surface area contributed by atoms with Crippen molar-refractivity contribution in [2.75, 3.05) is 26.0 Å². The molecular weight excluding hydrogens is 390 g/mol. The van der Waals surface area contributed by atoms with Gasteiger partial charge in [-0.25, -0.2) is 4.79 Å². The maximum atomic E-state index is 12.3. The standard InChI is InChI=1S/C21H25N3O4S/c1-5-28-21(25)16(2)13-17-9-11-18(12-10-17)23-19-7-6-8-20(14-19)29(26,27)22-15-24(3)4/h6-15,23H,5H2,1-4H3/b16-13+,22-15+. The fourth-order valence-electron chi connectivity index (χ4n) is 2.33. The fourth-order valence-corrected chi connectivity index (χ4v) is 3.30. The van der Waals surface area contributed by atoms with Crippen LogP contribution in [0, 0.1) is 0 Å². The van der Waals surface area contributed by atoms with E-state index in [4.69, 9.17) is 4.74 Å². The van der Waals surface area contributed by atoms with Gasteiger partial charge in [-0.05, 0) is 55.8 Å². The van der Waals surface area contributed by atoms with E-state index < -0.39 is 10.0 Å². The first-order valence-corrected chi connectivity index (χ1v) is 10.4. The predicted octanol–water partition coefficient (Wildman–Crippen LogP) is 3.68. The van der Waals surface area contributed by atoms with Crippen molar-refractivity contribution < 1.29 is 17.9 Å². The van der Waals surface area contributed by atoms with E-state index >= 15 is 0 Å². The van der Waals surface area contributed by atoms with E-state index in [1.165, 1.54) is 18.5 Å². The Balaban J connectivity index is 2.15. The quantitative estimate of drug-likeness (QED) is 0.306. The van der Waals surface area contributed by atoms with E-state index in [2.05, 4.69) is 9.71 Å². The molecule has 2 rings (SSSR count). The van der Waals surface area contributed by atoms with Gasteiger partial charge < -0.3 is 15.0 Å². The minimum Gasteiger partial charge on any atom is -0.463 e. The molecule has 0 heterocycles. The highest BCUT2D eigenvalue weighted by Gasteiger charge is 2.12. The van der Waals surface area contributed by atoms with E-state index in [1.807, 2.05) is 24.3 Å². The fraction of sp³-hybridized carbons (Fsp3) is 0.238. The van der Waals surface area contributed by atoms with Crippen molar-refractivity contribution in [1.29, 1.82) is 0 Å². The van der Waals surface area contributed by atoms with E-state index in [0.29, 0.717) is 17.9 Å². The topological polar surface area (TPSA) is 88.1 Å². The van der Waals surface area contributed by atoms with Crippen LogP contribution in [0.25, 0.3) is 6.08 Å². The molecule has 0 aliphatic carbocycles. The van der Waals surface area contributed by atoms with Crippen molar-refractivity contribution in [2.24, 2.45) is 4.40 Å². The Morgan fingerprint density at radius 2 is 1.83 bits per heavy atom. The van der Waals surface area contributed by atoms with Crippen molar-refractivity contribution in [3.63, 3.8) is 0 Å². The van der Waals surface area contributed by atoms with Crippen molar-refractivity contribution in [2.45, 2.75) is 18.7 Å². The first-order valence-electron chi connectivity index (χ1n) is 9.00. The van der Waals surface area contributed by atoms with Crippen molar-refractivity contribution >= 4 is 39.8 Å². The number of carbonyl (C=O) groups excluding carboxylic acids is 1. The number of nitrogens with zero attached hydrogens (tertiary/aromatic N) is 2. The number of hydrogen-bond donors (Lipinski definition) is 1. The summed E-state index contributed by atoms with van der Waals surface area (Å²) in [6.07, 6.45) is 3.00. The summed E-state index contributed by atoms with van der Waals surface area (Å²) in [5.74, 6) is -0.343. The van der Waals surface area contributed by atoms with Crippen LogP contribution in [0.2, 0.25) is 0 Å². The van der Waals surface area contributed by atoms with Gasteiger partial charge >= 0.3 is 5.97 Å². The predicted molar refractivity (Wildman–Crippen MR) is 116 cm³/mol. The van der Waals surface area contributed by atoms with Gasteiger partial charge in [-0.3, -0.25) is 0 Å². The first kappa shape index (κ1) is 22.2. The average Bonchev–Trinajstić information content (AvgIpc) is 2.68. The molecule has 2 aromatic carbocycles. The maximum absolute atomic E-state index is 12.3. The molecular formula is C21H25N3O4S. The molecule has 0 atom stereocenters. The Hall–Kier alpha value is -3.13. The van der Waals surface area contributed by atoms with Crippen LogP contribution in [0.15, 0.2) is 63.4 Å². The highest BCUT2D eigenvalue weighted by atomic mass is 32.2. The smallest absolute Gasteiger partial charge is 0.333 e. The molecule has 29 heavy (non-hydrogen) atoms. The van der Waals surface area contributed by atoms with Crippen molar-refractivity contribution in [3.05, 3.63) is 59.7 Å². The van der Waals surface area contributed by atoms with Crippen LogP contribution in [0.4, 0.5) is 11.4 Å². The number of hydrogen-bond acceptors (Lipinski definition) is 5. The zero-order valence-corrected chi connectivity index (χ0v) is 17.7. The lowest BCUT2D eigenvalue weighted by molar-refractivity contribution is -0.138. The first-order chi connectivity index (χ1) is 13.7. The number of anilines is 2. The second-order valence-corrected chi connectivity index (χ2v) is 8.11. The van der Waals surface area contributed by atoms with Crippen LogP contribution in [0.5, 0.6) is 0 Å². The van der Waals surface area contributed by atoms with E-state index in [9.17, 15) is 13.2 Å². The second kappa shape index (κ2) is 9.88. The molecule has 0 unspecified atom stereocenters. The average molecular weight is 416 g/mol. The monoisotopic (exact) mass is 415 g/mol. The molecule has 2 aromatic rings. The SMILES string of the molecule is CCOC(=O)/C(C)=C/c1ccc(Nc2cccc(S(=O)(=O)/N=C/N(C)C)c2)cc1. The summed E-state index contributed by atoms with van der Waals surface area (Å²) in [5.41, 5.74) is 2.78. The Morgan fingerprint density at radius 1 is 1.14 bits per heavy atom. The Kier molecular flexibility index (Phi) is 7.55. The molecule has 0 saturated carbocycles. The summed E-state index contributed by atoms with van der Waals surface area (Å²) in [6.45, 7) is 3.80. The van der Waals surface area contributed by atoms with Crippen molar-refractivity contribution in [1.82, 2.24) is 4.90 Å². The molecule has 0 bridgehead atoms. The Bertz CT molecular complexity index is 1010. The molecule has 7 nitrogen and oxygen atoms in total. The van der Waals surface area contributed by atoms with Gasteiger partial charge in [0.2, 0.25) is 0 Å². The molecule has 0 aliphatic rings. The van der Waals surface area contributed by atoms with E-state index in [1.54, 1.807) is 51.1 Å². The highest BCUT2D eigenvalue weighted by molar-refractivity contribution is 7.90. The molecule has 154 valence electrons. The van der Waals surface area contributed by atoms with Gasteiger partial charge in [-0.1, -0.05) is 18.2 Å². The van der Waals surface area contributed by atoms with Crippen LogP contribution < -0.4 is 5.32 Å². The molecule has 0 saturated heterocycles. The number of rotatable bonds is 8. The molecule has 0 fully saturated rings. The summed E-state index contributed by atoms with van der Waals surface area (Å²) in [5, 5.41) is 3.17. The minimum absolute atomic E-state index is 0.102. The van der Waals surface area contributed by atoms with Crippen LogP contribution in [-0.2, 0) is 19.6 Å². The minimum atomic E-state index is -3.77. The summed E-state index contributed by atoms with van der Waals surface area (Å²) in [4.78, 5) is 13.3. The van der Waals surface area contributed by atoms with Gasteiger partial charge in [0, 0.05) is 31.0 Å². The molecule has 0 radical (unpaired) electrons. The third-order valence-electron chi connectivity index (χ3n) is 3.73. The second-order valence-electron chi connectivity index (χ2n) is 6.48. The lowest BCUT2D eigenvalue weighted by Crippen LogP contribution is -2.10. The number of nitrogens with one attached hydrogen (secondary N) is 1. The molecule has 0 amide bonds. The summed E-state index contributed by atoms with van der Waals surface area (Å²) < 4.78 is 33.2. The van der Waals surface area contributed by atoms with Gasteiger partial charge in [0.15, 0.2) is 0 Å². The maximum Gasteiger partial charge on any atom is 0.333 e. The Morgan fingerprint density at radius 3 is 2.45 bits per heavy atom. The number of carbonyl (C=O) groups is 1. The number of esters is 1. The van der Waals surface area contributed by atoms with Crippen LogP contribution >= 0.6 is 0 Å². The molecule has 0 spiro atoms. The van der Waals surface area contributed by atoms with Gasteiger partial charge in [-0.2, -0.15) is 8.42 Å². The molecule has 0 aliphatic heterocycles. The zero-order valence-electron chi connectivity index (χ0n) is 16.9. The lowest BCUT2D eigenvalue weighted by atomic mass is 10.1. The normalized spacial score (nSPS) is 12.1. The van der Waals surface area contributed by atoms with Crippen molar-refractivity contribution in [3.8, 4) is 0 Å². The summed E-state index contributed by atoms with van der Waals surface area (Å²) >= 11 is 0. The van der Waals surface area contributed by atoms with Crippen LogP contribution in [0.1, 0.15) is 19.4 Å². The summed E-state index contributed by atoms with van der Waals surface area (Å²) in [7, 11) is -0.370. The highest BCUT2D eigenvalue weighted by Crippen LogP contribution is 2.22. The zero-order chi connectivity index (χ0) is 21.4. The lowest BCUT2D eigenvalue weighted by Gasteiger charge is -2.09. The third-order valence-corrected chi connectivity index (χ3v) is 4.95. The van der Waals surface area contributed by atoms with Gasteiger partial charge in [0.1, 0.15) is 6.34 Å². The van der Waals surface area contributed by atoms with E-state index in [0.717, 1.165) is 11.3 Å². The van der Waals surface area contributed by atoms with Crippen LogP contribution in [-0.4, -0.2) is 46.3 Å². The molecule has 8 heteroatoms. The third kappa shape index (κ3) is 6.76. The number of benzene rings is 2. The van der Waals surface area contributed by atoms with Gasteiger partial charge in [-0.15, -0.1) is 4.40 Å². The number of ether oxygens (including phenoxy) is 1. The van der Waals surface area contributed by atoms with Crippen LogP contribution in [0.3, 0.4) is 0 Å². The largest absolute Gasteiger partial charge is 0.463 e. The number of sulfonamides is 1. The van der Waals surface area contributed by atoms with E-state index in [-0.39, 0.29) is 10.9 Å². The molecule has 1 N–H and O–H groups in total. The van der Waals surface area contributed by atoms with Gasteiger partial charge in [0.25, 0.3) is 10.0 Å².